The molecule has 4 heteroatoms. The summed E-state index contributed by atoms with van der Waals surface area (Å²) in [5.41, 5.74) is 1.18. The molecule has 1 N–H and O–H groups in total. The predicted octanol–water partition coefficient (Wildman–Crippen LogP) is 3.49. The van der Waals surface area contributed by atoms with Gasteiger partial charge in [-0.05, 0) is 48.3 Å². The molecule has 4 fully saturated rings. The molecule has 1 aromatic carbocycles. The predicted molar refractivity (Wildman–Crippen MR) is 97.2 cm³/mol. The second kappa shape index (κ2) is 5.71. The molecule has 4 bridgehead atoms. The molecule has 4 aliphatic rings. The van der Waals surface area contributed by atoms with Gasteiger partial charge in [0.2, 0.25) is 0 Å². The van der Waals surface area contributed by atoms with Crippen molar-refractivity contribution >= 4 is 17.2 Å². The molecule has 3 saturated heterocycles. The zero-order valence-electron chi connectivity index (χ0n) is 13.7. The number of hydrogen-bond acceptors (Lipinski definition) is 3. The number of piperidine rings is 3. The fourth-order valence-corrected chi connectivity index (χ4v) is 6.00. The van der Waals surface area contributed by atoms with E-state index in [9.17, 15) is 4.79 Å². The molecule has 1 saturated carbocycles. The van der Waals surface area contributed by atoms with Gasteiger partial charge in [-0.1, -0.05) is 30.3 Å². The minimum absolute atomic E-state index is 0.120. The van der Waals surface area contributed by atoms with Crippen molar-refractivity contribution in [1.29, 1.82) is 0 Å². The van der Waals surface area contributed by atoms with E-state index in [0.717, 1.165) is 15.7 Å². The van der Waals surface area contributed by atoms with Crippen LogP contribution in [0.2, 0.25) is 0 Å². The van der Waals surface area contributed by atoms with Crippen LogP contribution >= 0.6 is 11.3 Å². The molecule has 3 nitrogen and oxygen atoms in total. The van der Waals surface area contributed by atoms with Gasteiger partial charge in [0.15, 0.2) is 0 Å². The van der Waals surface area contributed by atoms with Crippen LogP contribution in [0.3, 0.4) is 0 Å². The van der Waals surface area contributed by atoms with Gasteiger partial charge in [0.1, 0.15) is 0 Å². The maximum absolute atomic E-state index is 12.8. The van der Waals surface area contributed by atoms with E-state index in [2.05, 4.69) is 28.4 Å². The van der Waals surface area contributed by atoms with Gasteiger partial charge in [0, 0.05) is 30.6 Å². The lowest BCUT2D eigenvalue weighted by Gasteiger charge is -2.55. The fourth-order valence-electron chi connectivity index (χ4n) is 5.08. The third-order valence-corrected chi connectivity index (χ3v) is 7.11. The highest BCUT2D eigenvalue weighted by molar-refractivity contribution is 7.17. The van der Waals surface area contributed by atoms with Gasteiger partial charge in [0.05, 0.1) is 4.88 Å². The van der Waals surface area contributed by atoms with Crippen LogP contribution in [0.15, 0.2) is 42.5 Å². The summed E-state index contributed by atoms with van der Waals surface area (Å²) < 4.78 is 0. The summed E-state index contributed by atoms with van der Waals surface area (Å²) in [6.45, 7) is 3.65. The van der Waals surface area contributed by atoms with Crippen molar-refractivity contribution in [2.45, 2.75) is 18.9 Å². The summed E-state index contributed by atoms with van der Waals surface area (Å²) >= 11 is 1.60. The molecule has 2 unspecified atom stereocenters. The molecule has 4 heterocycles. The molecule has 2 atom stereocenters. The van der Waals surface area contributed by atoms with Crippen LogP contribution in [0.5, 0.6) is 0 Å². The second-order valence-electron chi connectivity index (χ2n) is 7.61. The number of carbonyl (C=O) groups is 1. The molecule has 1 aliphatic carbocycles. The Kier molecular flexibility index (Phi) is 3.49. The van der Waals surface area contributed by atoms with Crippen LogP contribution in [0.4, 0.5) is 0 Å². The maximum Gasteiger partial charge on any atom is 0.261 e. The third kappa shape index (κ3) is 2.49. The lowest BCUT2D eigenvalue weighted by Crippen LogP contribution is -2.64. The van der Waals surface area contributed by atoms with E-state index >= 15 is 0 Å². The topological polar surface area (TPSA) is 32.3 Å². The maximum atomic E-state index is 12.8. The Balaban J connectivity index is 1.32. The molecule has 24 heavy (non-hydrogen) atoms. The quantitative estimate of drug-likeness (QED) is 0.929. The molecule has 124 valence electrons. The Morgan fingerprint density at radius 3 is 2.46 bits per heavy atom. The number of carbonyl (C=O) groups excluding carboxylic acids is 1. The molecule has 2 aromatic rings. The van der Waals surface area contributed by atoms with E-state index in [1.165, 1.54) is 38.0 Å². The molecule has 1 aromatic heterocycles. The zero-order valence-corrected chi connectivity index (χ0v) is 14.5. The smallest absolute Gasteiger partial charge is 0.261 e. The van der Waals surface area contributed by atoms with Crippen molar-refractivity contribution in [1.82, 2.24) is 10.2 Å². The van der Waals surface area contributed by atoms with Gasteiger partial charge in [-0.3, -0.25) is 4.79 Å². The Morgan fingerprint density at radius 2 is 1.75 bits per heavy atom. The highest BCUT2D eigenvalue weighted by Crippen LogP contribution is 2.43. The molecule has 1 amide bonds. The molecular formula is C20H22N2OS. The van der Waals surface area contributed by atoms with Crippen LogP contribution in [0.1, 0.15) is 22.5 Å². The minimum Gasteiger partial charge on any atom is -0.348 e. The number of amides is 1. The average molecular weight is 338 g/mol. The normalized spacial score (nSPS) is 33.6. The number of benzene rings is 1. The Morgan fingerprint density at radius 1 is 1.00 bits per heavy atom. The SMILES string of the molecule is O=C(NC1C2CC3CC1CN(C3)C2)c1ccc(-c2ccccc2)s1. The van der Waals surface area contributed by atoms with Crippen LogP contribution in [0, 0.1) is 17.8 Å². The molecule has 6 rings (SSSR count). The van der Waals surface area contributed by atoms with E-state index in [1.807, 2.05) is 24.3 Å². The lowest BCUT2D eigenvalue weighted by atomic mass is 9.65. The van der Waals surface area contributed by atoms with Crippen molar-refractivity contribution in [2.75, 3.05) is 19.6 Å². The van der Waals surface area contributed by atoms with E-state index in [-0.39, 0.29) is 5.91 Å². The van der Waals surface area contributed by atoms with Gasteiger partial charge < -0.3 is 10.2 Å². The van der Waals surface area contributed by atoms with Gasteiger partial charge in [-0.15, -0.1) is 11.3 Å². The first-order valence-corrected chi connectivity index (χ1v) is 9.76. The van der Waals surface area contributed by atoms with E-state index in [0.29, 0.717) is 17.9 Å². The molecule has 0 spiro atoms. The summed E-state index contributed by atoms with van der Waals surface area (Å²) in [7, 11) is 0. The minimum atomic E-state index is 0.120. The number of rotatable bonds is 3. The summed E-state index contributed by atoms with van der Waals surface area (Å²) in [6, 6.07) is 14.7. The van der Waals surface area contributed by atoms with Crippen molar-refractivity contribution < 1.29 is 4.79 Å². The first-order valence-electron chi connectivity index (χ1n) is 8.95. The second-order valence-corrected chi connectivity index (χ2v) is 8.69. The number of nitrogens with zero attached hydrogens (tertiary/aromatic N) is 1. The lowest BCUT2D eigenvalue weighted by molar-refractivity contribution is -0.0418. The molecular weight excluding hydrogens is 316 g/mol. The van der Waals surface area contributed by atoms with Crippen molar-refractivity contribution in [2.24, 2.45) is 17.8 Å². The van der Waals surface area contributed by atoms with Crippen LogP contribution in [-0.2, 0) is 0 Å². The van der Waals surface area contributed by atoms with Crippen LogP contribution in [0.25, 0.3) is 10.4 Å². The summed E-state index contributed by atoms with van der Waals surface area (Å²) in [6.07, 6.45) is 2.61. The molecule has 0 radical (unpaired) electrons. The Labute approximate surface area is 146 Å². The van der Waals surface area contributed by atoms with Gasteiger partial charge in [-0.25, -0.2) is 0 Å². The fraction of sp³-hybridized carbons (Fsp3) is 0.450. The molecule has 3 aliphatic heterocycles. The first-order chi connectivity index (χ1) is 11.8. The highest BCUT2D eigenvalue weighted by atomic mass is 32.1. The van der Waals surface area contributed by atoms with Crippen molar-refractivity contribution in [3.05, 3.63) is 47.3 Å². The Bertz CT molecular complexity index is 726. The van der Waals surface area contributed by atoms with Crippen molar-refractivity contribution in [3.8, 4) is 10.4 Å². The summed E-state index contributed by atoms with van der Waals surface area (Å²) in [4.78, 5) is 17.4. The first kappa shape index (κ1) is 14.7. The van der Waals surface area contributed by atoms with Crippen LogP contribution in [-0.4, -0.2) is 36.5 Å². The monoisotopic (exact) mass is 338 g/mol. The number of hydrogen-bond donors (Lipinski definition) is 1. The number of thiophene rings is 1. The van der Waals surface area contributed by atoms with Gasteiger partial charge in [-0.2, -0.15) is 0 Å². The standard InChI is InChI=1S/C20H22N2OS/c23-20(18-7-6-17(24-18)14-4-2-1-3-5-14)21-19-15-8-13-9-16(19)12-22(10-13)11-15/h1-7,13,15-16,19H,8-12H2,(H,21,23). The third-order valence-electron chi connectivity index (χ3n) is 5.98. The Hall–Kier alpha value is -1.65. The number of nitrogens with one attached hydrogen (secondary N) is 1. The van der Waals surface area contributed by atoms with Gasteiger partial charge in [0.25, 0.3) is 5.91 Å². The van der Waals surface area contributed by atoms with Crippen LogP contribution < -0.4 is 5.32 Å². The van der Waals surface area contributed by atoms with Crippen molar-refractivity contribution in [3.63, 3.8) is 0 Å². The average Bonchev–Trinajstić information content (AvgIpc) is 3.08. The summed E-state index contributed by atoms with van der Waals surface area (Å²) in [5, 5.41) is 3.39. The highest BCUT2D eigenvalue weighted by Gasteiger charge is 2.47. The van der Waals surface area contributed by atoms with E-state index < -0.39 is 0 Å². The van der Waals surface area contributed by atoms with E-state index in [1.54, 1.807) is 11.3 Å². The van der Waals surface area contributed by atoms with Gasteiger partial charge >= 0.3 is 0 Å². The summed E-state index contributed by atoms with van der Waals surface area (Å²) in [5.74, 6) is 2.32. The largest absolute Gasteiger partial charge is 0.348 e. The zero-order chi connectivity index (χ0) is 16.1. The van der Waals surface area contributed by atoms with E-state index in [4.69, 9.17) is 0 Å².